The molecule has 0 amide bonds. The third-order valence-corrected chi connectivity index (χ3v) is 9.02. The molecule has 1 unspecified atom stereocenters. The highest BCUT2D eigenvalue weighted by Gasteiger charge is 2.15. The number of unbranched alkanes of at least 4 members (excludes halogenated alkanes) is 4. The van der Waals surface area contributed by atoms with Gasteiger partial charge in [-0.3, -0.25) is 9.71 Å². The molecule has 0 fully saturated rings. The maximum absolute atomic E-state index is 13.0. The summed E-state index contributed by atoms with van der Waals surface area (Å²) in [6, 6.07) is 17.9. The number of rotatable bonds is 16. The predicted molar refractivity (Wildman–Crippen MR) is 163 cm³/mol. The van der Waals surface area contributed by atoms with Crippen molar-refractivity contribution in [1.29, 1.82) is 0 Å². The Balaban J connectivity index is 1.24. The Kier molecular flexibility index (Phi) is 11.2. The molecule has 3 N–H and O–H groups in total. The van der Waals surface area contributed by atoms with Crippen LogP contribution < -0.4 is 10.0 Å². The summed E-state index contributed by atoms with van der Waals surface area (Å²) in [6.45, 7) is 3.35. The molecular weight excluding hydrogens is 541 g/mol. The molecule has 0 radical (unpaired) electrons. The Morgan fingerprint density at radius 1 is 0.950 bits per heavy atom. The lowest BCUT2D eigenvalue weighted by Gasteiger charge is -2.12. The van der Waals surface area contributed by atoms with E-state index in [9.17, 15) is 13.5 Å². The quantitative estimate of drug-likeness (QED) is 0.133. The zero-order valence-corrected chi connectivity index (χ0v) is 24.6. The molecule has 212 valence electrons. The number of hydrogen-bond acceptors (Lipinski definition) is 7. The summed E-state index contributed by atoms with van der Waals surface area (Å²) in [5.74, 6) is 0. The van der Waals surface area contributed by atoms with Crippen LogP contribution in [0.5, 0.6) is 0 Å². The van der Waals surface area contributed by atoms with E-state index in [0.29, 0.717) is 18.8 Å². The summed E-state index contributed by atoms with van der Waals surface area (Å²) in [5, 5.41) is 16.6. The Bertz CT molecular complexity index is 1410. The van der Waals surface area contributed by atoms with Gasteiger partial charge in [0.05, 0.1) is 21.7 Å². The fourth-order valence-corrected chi connectivity index (χ4v) is 6.27. The number of anilines is 1. The van der Waals surface area contributed by atoms with Gasteiger partial charge in [0.15, 0.2) is 0 Å². The third kappa shape index (κ3) is 8.96. The van der Waals surface area contributed by atoms with Crippen LogP contribution in [0.1, 0.15) is 61.3 Å². The van der Waals surface area contributed by atoms with Crippen LogP contribution in [0.4, 0.5) is 5.69 Å². The number of hydrogen-bond donors (Lipinski definition) is 3. The number of nitrogens with zero attached hydrogens (tertiary/aromatic N) is 2. The van der Waals surface area contributed by atoms with Gasteiger partial charge in [-0.25, -0.2) is 13.4 Å². The molecular formula is C31H38N4O3S2. The number of aromatic nitrogens is 2. The van der Waals surface area contributed by atoms with Crippen molar-refractivity contribution in [1.82, 2.24) is 15.3 Å². The zero-order chi connectivity index (χ0) is 28.2. The van der Waals surface area contributed by atoms with E-state index in [0.717, 1.165) is 46.7 Å². The van der Waals surface area contributed by atoms with E-state index in [1.165, 1.54) is 25.7 Å². The minimum atomic E-state index is -3.71. The molecule has 0 spiro atoms. The average molecular weight is 579 g/mol. The molecule has 0 aliphatic rings. The van der Waals surface area contributed by atoms with Crippen molar-refractivity contribution in [3.05, 3.63) is 94.6 Å². The maximum Gasteiger partial charge on any atom is 0.261 e. The highest BCUT2D eigenvalue weighted by Crippen LogP contribution is 2.25. The molecule has 9 heteroatoms. The van der Waals surface area contributed by atoms with E-state index in [1.807, 2.05) is 35.7 Å². The molecule has 2 aromatic heterocycles. The summed E-state index contributed by atoms with van der Waals surface area (Å²) in [6.07, 6.45) is 10.7. The van der Waals surface area contributed by atoms with E-state index in [-0.39, 0.29) is 4.90 Å². The van der Waals surface area contributed by atoms with Gasteiger partial charge in [0.2, 0.25) is 0 Å². The Morgan fingerprint density at radius 3 is 2.45 bits per heavy atom. The molecule has 7 nitrogen and oxygen atoms in total. The molecule has 0 aliphatic heterocycles. The van der Waals surface area contributed by atoms with Gasteiger partial charge in [0, 0.05) is 41.1 Å². The number of aliphatic hydroxyl groups excluding tert-OH is 1. The van der Waals surface area contributed by atoms with Gasteiger partial charge in [0.25, 0.3) is 10.0 Å². The summed E-state index contributed by atoms with van der Waals surface area (Å²) in [5.41, 5.74) is 4.16. The lowest BCUT2D eigenvalue weighted by Crippen LogP contribution is -2.23. The minimum Gasteiger partial charge on any atom is -0.387 e. The van der Waals surface area contributed by atoms with Crippen LogP contribution in [-0.4, -0.2) is 36.6 Å². The largest absolute Gasteiger partial charge is 0.387 e. The highest BCUT2D eigenvalue weighted by molar-refractivity contribution is 7.92. The second-order valence-corrected chi connectivity index (χ2v) is 12.5. The van der Waals surface area contributed by atoms with E-state index in [2.05, 4.69) is 21.9 Å². The van der Waals surface area contributed by atoms with Crippen molar-refractivity contribution >= 4 is 27.0 Å². The van der Waals surface area contributed by atoms with Crippen LogP contribution in [0.2, 0.25) is 0 Å². The highest BCUT2D eigenvalue weighted by atomic mass is 32.2. The number of pyridine rings is 1. The van der Waals surface area contributed by atoms with Crippen molar-refractivity contribution < 1.29 is 13.5 Å². The first-order valence-corrected chi connectivity index (χ1v) is 16.3. The van der Waals surface area contributed by atoms with Crippen LogP contribution in [0.3, 0.4) is 0 Å². The smallest absolute Gasteiger partial charge is 0.261 e. The van der Waals surface area contributed by atoms with Crippen molar-refractivity contribution in [2.24, 2.45) is 0 Å². The number of nitrogens with one attached hydrogen (secondary N) is 2. The summed E-state index contributed by atoms with van der Waals surface area (Å²) in [7, 11) is -3.71. The molecule has 0 saturated carbocycles. The molecule has 0 saturated heterocycles. The van der Waals surface area contributed by atoms with E-state index in [4.69, 9.17) is 4.98 Å². The van der Waals surface area contributed by atoms with Crippen LogP contribution in [0, 0.1) is 0 Å². The van der Waals surface area contributed by atoms with Crippen LogP contribution in [0.25, 0.3) is 11.3 Å². The lowest BCUT2D eigenvalue weighted by molar-refractivity contribution is 0.174. The first-order valence-electron chi connectivity index (χ1n) is 13.9. The van der Waals surface area contributed by atoms with Gasteiger partial charge in [-0.1, -0.05) is 62.9 Å². The molecule has 2 aromatic carbocycles. The zero-order valence-electron chi connectivity index (χ0n) is 22.9. The Labute approximate surface area is 241 Å². The van der Waals surface area contributed by atoms with Crippen molar-refractivity contribution in [2.75, 3.05) is 17.8 Å². The Morgan fingerprint density at radius 2 is 1.73 bits per heavy atom. The molecule has 4 rings (SSSR count). The molecule has 2 heterocycles. The second-order valence-electron chi connectivity index (χ2n) is 9.87. The standard InChI is InChI=1S/C31H38N4O3S2/c1-2-3-4-5-6-9-31-34-29(23-39-31)25-12-16-28(17-13-25)40(37,38)35-27-14-10-24(11-15-27)18-20-33-22-30(36)26-8-7-19-32-21-26/h7-8,10-17,19,21,23,30,33,35-36H,2-6,9,18,20,22H2,1H3. The first kappa shape index (κ1) is 29.9. The summed E-state index contributed by atoms with van der Waals surface area (Å²) in [4.78, 5) is 8.99. The molecule has 4 aromatic rings. The van der Waals surface area contributed by atoms with E-state index in [1.54, 1.807) is 54.1 Å². The minimum absolute atomic E-state index is 0.211. The van der Waals surface area contributed by atoms with Crippen molar-refractivity contribution in [2.45, 2.75) is 62.9 Å². The van der Waals surface area contributed by atoms with E-state index < -0.39 is 16.1 Å². The molecule has 40 heavy (non-hydrogen) atoms. The van der Waals surface area contributed by atoms with Crippen molar-refractivity contribution in [3.8, 4) is 11.3 Å². The molecule has 0 aliphatic carbocycles. The van der Waals surface area contributed by atoms with Gasteiger partial charge < -0.3 is 10.4 Å². The average Bonchev–Trinajstić information content (AvgIpc) is 3.45. The van der Waals surface area contributed by atoms with Gasteiger partial charge in [0.1, 0.15) is 0 Å². The predicted octanol–water partition coefficient (Wildman–Crippen LogP) is 6.38. The Hall–Kier alpha value is -3.11. The van der Waals surface area contributed by atoms with Crippen LogP contribution in [-0.2, 0) is 22.9 Å². The SMILES string of the molecule is CCCCCCCc1nc(-c2ccc(S(=O)(=O)Nc3ccc(CCNCC(O)c4cccnc4)cc3)cc2)cs1. The maximum atomic E-state index is 13.0. The van der Waals surface area contributed by atoms with Crippen LogP contribution >= 0.6 is 11.3 Å². The number of benzene rings is 2. The van der Waals surface area contributed by atoms with Crippen molar-refractivity contribution in [3.63, 3.8) is 0 Å². The second kappa shape index (κ2) is 15.0. The topological polar surface area (TPSA) is 104 Å². The molecule has 1 atom stereocenters. The summed E-state index contributed by atoms with van der Waals surface area (Å²) >= 11 is 1.67. The third-order valence-electron chi connectivity index (χ3n) is 6.71. The van der Waals surface area contributed by atoms with Gasteiger partial charge in [-0.15, -0.1) is 11.3 Å². The van der Waals surface area contributed by atoms with Gasteiger partial charge >= 0.3 is 0 Å². The van der Waals surface area contributed by atoms with E-state index >= 15 is 0 Å². The molecule has 0 bridgehead atoms. The van der Waals surface area contributed by atoms with Crippen LogP contribution in [0.15, 0.2) is 83.3 Å². The normalized spacial score (nSPS) is 12.3. The monoisotopic (exact) mass is 578 g/mol. The number of thiazole rings is 1. The number of aryl methyl sites for hydroxylation is 1. The number of sulfonamides is 1. The fraction of sp³-hybridized carbons (Fsp3) is 0.355. The lowest BCUT2D eigenvalue weighted by atomic mass is 10.1. The fourth-order valence-electron chi connectivity index (χ4n) is 4.36. The number of aliphatic hydroxyl groups is 1. The van der Waals surface area contributed by atoms with Gasteiger partial charge in [-0.05, 0) is 61.7 Å². The summed E-state index contributed by atoms with van der Waals surface area (Å²) < 4.78 is 28.6. The first-order chi connectivity index (χ1) is 19.4. The van der Waals surface area contributed by atoms with Gasteiger partial charge in [-0.2, -0.15) is 0 Å².